The Morgan fingerprint density at radius 1 is 0.889 bits per heavy atom. The molecule has 1 rings (SSSR count). The lowest BCUT2D eigenvalue weighted by Crippen LogP contribution is -2.34. The van der Waals surface area contributed by atoms with Gasteiger partial charge in [0.2, 0.25) is 0 Å². The molecular formula is C12H18O6. The van der Waals surface area contributed by atoms with E-state index in [-0.39, 0.29) is 0 Å². The van der Waals surface area contributed by atoms with Crippen molar-refractivity contribution in [2.45, 2.75) is 5.97 Å². The molecule has 0 radical (unpaired) electrons. The highest BCUT2D eigenvalue weighted by atomic mass is 17.3. The Kier molecular flexibility index (Phi) is 5.36. The van der Waals surface area contributed by atoms with E-state index in [0.29, 0.717) is 17.1 Å². The Labute approximate surface area is 106 Å². The molecule has 0 amide bonds. The van der Waals surface area contributed by atoms with Crippen molar-refractivity contribution in [2.75, 3.05) is 35.5 Å². The Bertz CT molecular complexity index is 375. The van der Waals surface area contributed by atoms with Crippen LogP contribution in [0.15, 0.2) is 18.2 Å². The molecule has 0 heterocycles. The van der Waals surface area contributed by atoms with E-state index in [1.165, 1.54) is 28.4 Å². The van der Waals surface area contributed by atoms with Crippen molar-refractivity contribution in [1.29, 1.82) is 0 Å². The number of hydrogen-bond donors (Lipinski definition) is 0. The van der Waals surface area contributed by atoms with Crippen molar-refractivity contribution >= 4 is 0 Å². The molecule has 0 atom stereocenters. The Balaban J connectivity index is 3.35. The summed E-state index contributed by atoms with van der Waals surface area (Å²) in [6, 6.07) is 5.25. The minimum atomic E-state index is -1.52. The first-order valence-corrected chi connectivity index (χ1v) is 5.22. The lowest BCUT2D eigenvalue weighted by molar-refractivity contribution is -0.501. The summed E-state index contributed by atoms with van der Waals surface area (Å²) in [7, 11) is 7.28. The highest BCUT2D eigenvalue weighted by Gasteiger charge is 2.39. The van der Waals surface area contributed by atoms with Crippen LogP contribution in [-0.4, -0.2) is 35.5 Å². The maximum Gasteiger partial charge on any atom is 0.343 e. The zero-order valence-electron chi connectivity index (χ0n) is 11.2. The van der Waals surface area contributed by atoms with Crippen LogP contribution < -0.4 is 9.47 Å². The van der Waals surface area contributed by atoms with Crippen LogP contribution in [0.1, 0.15) is 5.56 Å². The molecule has 0 aliphatic carbocycles. The maximum absolute atomic E-state index is 5.30. The Morgan fingerprint density at radius 2 is 1.56 bits per heavy atom. The number of rotatable bonds is 7. The fourth-order valence-electron chi connectivity index (χ4n) is 1.65. The highest BCUT2D eigenvalue weighted by molar-refractivity contribution is 5.48. The van der Waals surface area contributed by atoms with E-state index in [1.807, 2.05) is 0 Å². The topological polar surface area (TPSA) is 55.4 Å². The summed E-state index contributed by atoms with van der Waals surface area (Å²) in [5.41, 5.74) is 0.496. The van der Waals surface area contributed by atoms with E-state index in [1.54, 1.807) is 25.3 Å². The van der Waals surface area contributed by atoms with Gasteiger partial charge in [0.1, 0.15) is 0 Å². The van der Waals surface area contributed by atoms with Gasteiger partial charge in [0.05, 0.1) is 26.9 Å². The largest absolute Gasteiger partial charge is 0.493 e. The fourth-order valence-corrected chi connectivity index (χ4v) is 1.65. The maximum atomic E-state index is 5.30. The van der Waals surface area contributed by atoms with E-state index in [9.17, 15) is 0 Å². The van der Waals surface area contributed by atoms with Crippen molar-refractivity contribution in [3.8, 4) is 11.5 Å². The summed E-state index contributed by atoms with van der Waals surface area (Å²) < 4.78 is 21.0. The van der Waals surface area contributed by atoms with E-state index >= 15 is 0 Å². The third kappa shape index (κ3) is 2.56. The summed E-state index contributed by atoms with van der Waals surface area (Å²) >= 11 is 0. The predicted octanol–water partition coefficient (Wildman–Crippen LogP) is 1.68. The molecule has 0 spiro atoms. The first-order chi connectivity index (χ1) is 8.68. The van der Waals surface area contributed by atoms with Crippen LogP contribution in [0.4, 0.5) is 0 Å². The molecule has 6 heteroatoms. The first kappa shape index (κ1) is 14.7. The zero-order valence-corrected chi connectivity index (χ0v) is 11.2. The molecule has 6 nitrogen and oxygen atoms in total. The van der Waals surface area contributed by atoms with Crippen molar-refractivity contribution < 1.29 is 28.7 Å². The van der Waals surface area contributed by atoms with Crippen LogP contribution >= 0.6 is 0 Å². The Hall–Kier alpha value is -1.34. The molecule has 18 heavy (non-hydrogen) atoms. The van der Waals surface area contributed by atoms with Gasteiger partial charge in [0.25, 0.3) is 0 Å². The predicted molar refractivity (Wildman–Crippen MR) is 63.3 cm³/mol. The molecule has 0 saturated heterocycles. The lowest BCUT2D eigenvalue weighted by atomic mass is 10.1. The molecule has 0 aliphatic heterocycles. The number of benzene rings is 1. The second-order valence-corrected chi connectivity index (χ2v) is 3.26. The van der Waals surface area contributed by atoms with Gasteiger partial charge >= 0.3 is 5.97 Å². The second-order valence-electron chi connectivity index (χ2n) is 3.26. The summed E-state index contributed by atoms with van der Waals surface area (Å²) in [5, 5.41) is 0. The molecule has 0 bridgehead atoms. The molecule has 0 unspecified atom stereocenters. The van der Waals surface area contributed by atoms with Gasteiger partial charge in [-0.15, -0.1) is 0 Å². The van der Waals surface area contributed by atoms with Crippen LogP contribution in [0.5, 0.6) is 11.5 Å². The van der Waals surface area contributed by atoms with Gasteiger partial charge in [-0.3, -0.25) is 0 Å². The van der Waals surface area contributed by atoms with Crippen molar-refractivity contribution in [3.63, 3.8) is 0 Å². The molecule has 102 valence electrons. The zero-order chi connectivity index (χ0) is 13.6. The summed E-state index contributed by atoms with van der Waals surface area (Å²) in [6.07, 6.45) is 0. The van der Waals surface area contributed by atoms with Crippen molar-refractivity contribution in [2.24, 2.45) is 0 Å². The van der Waals surface area contributed by atoms with Crippen LogP contribution in [0.25, 0.3) is 0 Å². The average molecular weight is 258 g/mol. The summed E-state index contributed by atoms with van der Waals surface area (Å²) in [5.74, 6) is -0.539. The second kappa shape index (κ2) is 6.55. The van der Waals surface area contributed by atoms with E-state index in [0.717, 1.165) is 0 Å². The fraction of sp³-hybridized carbons (Fsp3) is 0.500. The van der Waals surface area contributed by atoms with Crippen LogP contribution in [0.2, 0.25) is 0 Å². The van der Waals surface area contributed by atoms with Crippen LogP contribution in [-0.2, 0) is 25.2 Å². The molecule has 0 saturated carbocycles. The van der Waals surface area contributed by atoms with E-state index in [2.05, 4.69) is 4.89 Å². The van der Waals surface area contributed by atoms with E-state index in [4.69, 9.17) is 23.8 Å². The number of methoxy groups -OCH3 is 4. The minimum absolute atomic E-state index is 0.445. The Morgan fingerprint density at radius 3 is 2.00 bits per heavy atom. The molecule has 0 aromatic heterocycles. The smallest absolute Gasteiger partial charge is 0.343 e. The highest BCUT2D eigenvalue weighted by Crippen LogP contribution is 2.40. The third-order valence-electron chi connectivity index (χ3n) is 2.46. The lowest BCUT2D eigenvalue weighted by Gasteiger charge is -2.29. The number of hydrogen-bond acceptors (Lipinski definition) is 6. The normalized spacial score (nSPS) is 11.4. The van der Waals surface area contributed by atoms with Crippen LogP contribution in [0.3, 0.4) is 0 Å². The SMILES string of the molecule is COOC(OC)(OC)c1cccc(OC)c1OC. The third-order valence-corrected chi connectivity index (χ3v) is 2.46. The summed E-state index contributed by atoms with van der Waals surface area (Å²) in [6.45, 7) is 0. The molecule has 0 aliphatic rings. The van der Waals surface area contributed by atoms with Crippen molar-refractivity contribution in [1.82, 2.24) is 0 Å². The molecule has 0 fully saturated rings. The van der Waals surface area contributed by atoms with Gasteiger partial charge in [-0.05, 0) is 12.1 Å². The molecular weight excluding hydrogens is 240 g/mol. The van der Waals surface area contributed by atoms with Crippen molar-refractivity contribution in [3.05, 3.63) is 23.8 Å². The standard InChI is InChI=1S/C12H18O6/c1-13-10-8-6-7-9(11(10)14-2)12(15-3,16-4)18-17-5/h6-8H,1-5H3. The van der Waals surface area contributed by atoms with Crippen LogP contribution in [0, 0.1) is 0 Å². The molecule has 1 aromatic carbocycles. The number of para-hydroxylation sites is 1. The summed E-state index contributed by atoms with van der Waals surface area (Å²) in [4.78, 5) is 9.75. The van der Waals surface area contributed by atoms with Gasteiger partial charge < -0.3 is 18.9 Å². The first-order valence-electron chi connectivity index (χ1n) is 5.22. The van der Waals surface area contributed by atoms with Gasteiger partial charge in [-0.2, -0.15) is 4.89 Å². The minimum Gasteiger partial charge on any atom is -0.493 e. The van der Waals surface area contributed by atoms with E-state index < -0.39 is 5.97 Å². The van der Waals surface area contributed by atoms with Gasteiger partial charge in [0, 0.05) is 14.2 Å². The van der Waals surface area contributed by atoms with Gasteiger partial charge in [-0.1, -0.05) is 6.07 Å². The average Bonchev–Trinajstić information content (AvgIpc) is 2.44. The molecule has 0 N–H and O–H groups in total. The van der Waals surface area contributed by atoms with Gasteiger partial charge in [-0.25, -0.2) is 4.89 Å². The quantitative estimate of drug-likeness (QED) is 0.421. The molecule has 1 aromatic rings. The number of ether oxygens (including phenoxy) is 4. The monoisotopic (exact) mass is 258 g/mol. The van der Waals surface area contributed by atoms with Gasteiger partial charge in [0.15, 0.2) is 11.5 Å².